The lowest BCUT2D eigenvalue weighted by Crippen LogP contribution is -2.64. The minimum atomic E-state index is -0.726. The van der Waals surface area contributed by atoms with Crippen LogP contribution in [0.25, 0.3) is 5.57 Å². The highest BCUT2D eigenvalue weighted by atomic mass is 35.5. The smallest absolute Gasteiger partial charge is 0.407 e. The van der Waals surface area contributed by atoms with Crippen molar-refractivity contribution in [1.29, 1.82) is 0 Å². The molecule has 2 atom stereocenters. The summed E-state index contributed by atoms with van der Waals surface area (Å²) in [4.78, 5) is 61.0. The second-order valence-electron chi connectivity index (χ2n) is 13.9. The third kappa shape index (κ3) is 11.3. The van der Waals surface area contributed by atoms with Gasteiger partial charge >= 0.3 is 12.1 Å². The quantitative estimate of drug-likeness (QED) is 0.0368. The first-order valence-corrected chi connectivity index (χ1v) is 21.8. The van der Waals surface area contributed by atoms with Crippen LogP contribution in [0.4, 0.5) is 9.93 Å². The Kier molecular flexibility index (Phi) is 14.2. The molecule has 0 aliphatic carbocycles. The van der Waals surface area contributed by atoms with Gasteiger partial charge in [-0.25, -0.2) is 9.78 Å². The summed E-state index contributed by atoms with van der Waals surface area (Å²) in [5, 5.41) is 9.33. The number of thiazole rings is 1. The minimum Gasteiger partial charge on any atom is -0.452 e. The predicted octanol–water partition coefficient (Wildman–Crippen LogP) is 9.08. The predicted molar refractivity (Wildman–Crippen MR) is 232 cm³/mol. The van der Waals surface area contributed by atoms with Crippen molar-refractivity contribution in [1.82, 2.24) is 20.5 Å². The molecule has 1 aromatic heterocycles. The van der Waals surface area contributed by atoms with E-state index in [0.717, 1.165) is 16.0 Å². The Morgan fingerprint density at radius 1 is 1.00 bits per heavy atom. The number of amides is 3. The number of thiocarbonyl (C=S) groups is 1. The second kappa shape index (κ2) is 19.1. The number of fused-ring (bicyclic) bond motifs is 1. The molecule has 3 heterocycles. The third-order valence-electron chi connectivity index (χ3n) is 8.39. The van der Waals surface area contributed by atoms with Crippen molar-refractivity contribution >= 4 is 110 Å². The summed E-state index contributed by atoms with van der Waals surface area (Å²) >= 11 is 22.2. The molecule has 2 aliphatic rings. The van der Waals surface area contributed by atoms with E-state index in [0.29, 0.717) is 61.6 Å². The van der Waals surface area contributed by atoms with Gasteiger partial charge in [-0.1, -0.05) is 107 Å². The van der Waals surface area contributed by atoms with E-state index in [1.165, 1.54) is 23.1 Å². The molecule has 0 spiro atoms. The molecular weight excluding hydrogens is 846 g/mol. The van der Waals surface area contributed by atoms with Crippen LogP contribution in [0.3, 0.4) is 0 Å². The molecule has 3 aromatic carbocycles. The number of nitrogens with zero attached hydrogens (tertiary/aromatic N) is 2. The van der Waals surface area contributed by atoms with Gasteiger partial charge in [0.15, 0.2) is 11.2 Å². The van der Waals surface area contributed by atoms with Gasteiger partial charge < -0.3 is 25.4 Å². The van der Waals surface area contributed by atoms with Gasteiger partial charge in [0.25, 0.3) is 0 Å². The average molecular weight is 885 g/mol. The van der Waals surface area contributed by atoms with Crippen molar-refractivity contribution in [2.24, 2.45) is 0 Å². The monoisotopic (exact) mass is 883 g/mol. The SMILES string of the molecule is CC(C)(C)OC(=O)NCCCC(=S)Nc1ncc(C2=C(NC(=O)CC(=O)OC(c3ccccc3)c3ccccc3)N3C(=O)C(Sc4ccc(Cl)c(Cl)c4)C3SC2)s1. The third-order valence-corrected chi connectivity index (χ3v) is 13.1. The highest BCUT2D eigenvalue weighted by Gasteiger charge is 2.53. The molecule has 3 amide bonds. The molecule has 1 saturated heterocycles. The number of alkyl carbamates (subject to hydrolysis) is 1. The minimum absolute atomic E-state index is 0.212. The summed E-state index contributed by atoms with van der Waals surface area (Å²) in [6.07, 6.45) is 0.946. The van der Waals surface area contributed by atoms with Crippen LogP contribution in [0.2, 0.25) is 10.0 Å². The van der Waals surface area contributed by atoms with Gasteiger partial charge in [0.1, 0.15) is 28.5 Å². The molecule has 11 nitrogen and oxygen atoms in total. The number of hydrogen-bond acceptors (Lipinski definition) is 11. The highest BCUT2D eigenvalue weighted by Crippen LogP contribution is 2.49. The Bertz CT molecular complexity index is 2130. The van der Waals surface area contributed by atoms with Gasteiger partial charge in [-0.2, -0.15) is 0 Å². The number of β-lactam (4-membered cyclic amide) rings is 1. The Morgan fingerprint density at radius 2 is 1.68 bits per heavy atom. The second-order valence-corrected chi connectivity index (χ2v) is 18.5. The van der Waals surface area contributed by atoms with Crippen molar-refractivity contribution in [3.63, 3.8) is 0 Å². The van der Waals surface area contributed by atoms with Crippen LogP contribution in [-0.2, 0) is 23.9 Å². The molecule has 6 rings (SSSR count). The zero-order chi connectivity index (χ0) is 40.7. The van der Waals surface area contributed by atoms with E-state index in [4.69, 9.17) is 44.9 Å². The van der Waals surface area contributed by atoms with E-state index in [1.54, 1.807) is 55.8 Å². The Balaban J connectivity index is 1.16. The topological polar surface area (TPSA) is 139 Å². The largest absolute Gasteiger partial charge is 0.452 e. The maximum Gasteiger partial charge on any atom is 0.407 e. The van der Waals surface area contributed by atoms with E-state index in [-0.39, 0.29) is 11.3 Å². The normalized spacial score (nSPS) is 16.4. The number of anilines is 1. The molecule has 2 aliphatic heterocycles. The van der Waals surface area contributed by atoms with Gasteiger partial charge in [-0.05, 0) is 62.9 Å². The van der Waals surface area contributed by atoms with E-state index in [2.05, 4.69) is 20.9 Å². The molecule has 0 saturated carbocycles. The molecule has 0 bridgehead atoms. The number of thioether (sulfide) groups is 2. The maximum absolute atomic E-state index is 13.9. The summed E-state index contributed by atoms with van der Waals surface area (Å²) in [6.45, 7) is 5.78. The molecule has 57 heavy (non-hydrogen) atoms. The van der Waals surface area contributed by atoms with Crippen molar-refractivity contribution in [2.45, 2.75) is 67.3 Å². The van der Waals surface area contributed by atoms with E-state index in [1.807, 2.05) is 66.7 Å². The Hall–Kier alpha value is -4.12. The fourth-order valence-electron chi connectivity index (χ4n) is 5.82. The van der Waals surface area contributed by atoms with Crippen LogP contribution in [0, 0.1) is 0 Å². The standard InChI is InChI=1S/C40H39Cl2N5O6S4/c1-40(2,3)53-39(51)43-18-10-15-31(54)46-38-44-21-29(57-38)26-22-55-37-34(56-25-16-17-27(41)28(42)19-25)36(50)47(37)35(26)45-30(48)20-32(49)52-33(23-11-6-4-7-12-23)24-13-8-5-9-14-24/h4-9,11-14,16-17,19,21,33-34,37H,10,15,18,20,22H2,1-3H3,(H,43,51)(H,45,48)(H,44,46,54). The number of halogens is 2. The van der Waals surface area contributed by atoms with E-state index >= 15 is 0 Å². The van der Waals surface area contributed by atoms with Gasteiger partial charge in [0.05, 0.1) is 19.9 Å². The van der Waals surface area contributed by atoms with E-state index < -0.39 is 41.3 Å². The number of esters is 1. The first-order chi connectivity index (χ1) is 27.3. The van der Waals surface area contributed by atoms with E-state index in [9.17, 15) is 19.2 Å². The van der Waals surface area contributed by atoms with Crippen LogP contribution in [-0.4, -0.2) is 67.3 Å². The van der Waals surface area contributed by atoms with Gasteiger partial charge in [-0.3, -0.25) is 19.3 Å². The fraction of sp³-hybridized carbons (Fsp3) is 0.300. The number of hydrogen-bond donors (Lipinski definition) is 3. The Labute approximate surface area is 358 Å². The molecular formula is C40H39Cl2N5O6S4. The summed E-state index contributed by atoms with van der Waals surface area (Å²) in [5.41, 5.74) is 1.61. The van der Waals surface area contributed by atoms with Gasteiger partial charge in [0.2, 0.25) is 11.8 Å². The lowest BCUT2D eigenvalue weighted by molar-refractivity contribution is -0.149. The number of aromatic nitrogens is 1. The Morgan fingerprint density at radius 3 is 2.33 bits per heavy atom. The molecule has 0 radical (unpaired) electrons. The molecule has 2 unspecified atom stereocenters. The summed E-state index contributed by atoms with van der Waals surface area (Å²) in [5.74, 6) is -0.830. The number of carbonyl (C=O) groups is 4. The lowest BCUT2D eigenvalue weighted by atomic mass is 10.0. The van der Waals surface area contributed by atoms with Crippen LogP contribution >= 0.6 is 70.3 Å². The average Bonchev–Trinajstić information content (AvgIpc) is 3.63. The number of benzene rings is 3. The number of ether oxygens (including phenoxy) is 2. The number of nitrogens with one attached hydrogen (secondary N) is 3. The molecule has 4 aromatic rings. The number of carbonyl (C=O) groups excluding carboxylic acids is 4. The fourth-order valence-corrected chi connectivity index (χ4v) is 10.2. The molecule has 17 heteroatoms. The van der Waals surface area contributed by atoms with Crippen LogP contribution < -0.4 is 16.0 Å². The van der Waals surface area contributed by atoms with Crippen molar-refractivity contribution in [3.05, 3.63) is 117 Å². The zero-order valence-corrected chi connectivity index (χ0v) is 35.9. The molecule has 1 fully saturated rings. The van der Waals surface area contributed by atoms with Crippen LogP contribution in [0.1, 0.15) is 62.1 Å². The summed E-state index contributed by atoms with van der Waals surface area (Å²) < 4.78 is 11.2. The first-order valence-electron chi connectivity index (χ1n) is 17.9. The summed E-state index contributed by atoms with van der Waals surface area (Å²) in [6, 6.07) is 23.8. The summed E-state index contributed by atoms with van der Waals surface area (Å²) in [7, 11) is 0. The first kappa shape index (κ1) is 42.5. The van der Waals surface area contributed by atoms with Gasteiger partial charge in [0, 0.05) is 29.0 Å². The molecule has 3 N–H and O–H groups in total. The zero-order valence-electron chi connectivity index (χ0n) is 31.1. The highest BCUT2D eigenvalue weighted by molar-refractivity contribution is 8.04. The van der Waals surface area contributed by atoms with Crippen molar-refractivity contribution < 1.29 is 28.7 Å². The van der Waals surface area contributed by atoms with Crippen LogP contribution in [0.5, 0.6) is 0 Å². The van der Waals surface area contributed by atoms with Crippen molar-refractivity contribution in [2.75, 3.05) is 17.6 Å². The van der Waals surface area contributed by atoms with Crippen molar-refractivity contribution in [3.8, 4) is 0 Å². The van der Waals surface area contributed by atoms with Gasteiger partial charge in [-0.15, -0.1) is 23.5 Å². The number of rotatable bonds is 14. The maximum atomic E-state index is 13.9. The molecule has 298 valence electrons. The lowest BCUT2D eigenvalue weighted by Gasteiger charge is -2.50. The van der Waals surface area contributed by atoms with Crippen LogP contribution in [0.15, 0.2) is 95.8 Å².